The number of thiophene rings is 1. The molecule has 0 spiro atoms. The number of fused-ring (bicyclic) bond motifs is 1. The number of nitrogens with one attached hydrogen (secondary N) is 1. The van der Waals surface area contributed by atoms with Gasteiger partial charge in [0.05, 0.1) is 12.2 Å². The molecule has 0 saturated carbocycles. The van der Waals surface area contributed by atoms with Crippen LogP contribution in [0.5, 0.6) is 5.75 Å². The van der Waals surface area contributed by atoms with Crippen molar-refractivity contribution in [2.45, 2.75) is 39.3 Å². The van der Waals surface area contributed by atoms with Crippen molar-refractivity contribution in [3.05, 3.63) is 52.9 Å². The van der Waals surface area contributed by atoms with Crippen molar-refractivity contribution >= 4 is 21.4 Å². The molecule has 2 aromatic carbocycles. The first-order chi connectivity index (χ1) is 13.9. The second-order valence-corrected chi connectivity index (χ2v) is 8.33. The predicted molar refractivity (Wildman–Crippen MR) is 115 cm³/mol. The summed E-state index contributed by atoms with van der Waals surface area (Å²) in [5.41, 5.74) is 1.17. The number of aryl methyl sites for hydroxylation is 1. The SMILES string of the molecule is CCCNCCCCOc1ccc2c(-c3ccc(C(F)(F)F)cc3)c(C)sc2c1. The van der Waals surface area contributed by atoms with E-state index in [1.54, 1.807) is 23.5 Å². The topological polar surface area (TPSA) is 21.3 Å². The molecule has 0 fully saturated rings. The van der Waals surface area contributed by atoms with Gasteiger partial charge in [-0.3, -0.25) is 0 Å². The first-order valence-electron chi connectivity index (χ1n) is 9.94. The highest BCUT2D eigenvalue weighted by Crippen LogP contribution is 2.40. The lowest BCUT2D eigenvalue weighted by Crippen LogP contribution is -2.16. The summed E-state index contributed by atoms with van der Waals surface area (Å²) in [6, 6.07) is 11.4. The van der Waals surface area contributed by atoms with Gasteiger partial charge >= 0.3 is 6.18 Å². The van der Waals surface area contributed by atoms with Crippen LogP contribution in [-0.4, -0.2) is 19.7 Å². The molecule has 0 aliphatic heterocycles. The Bertz CT molecular complexity index is 932. The van der Waals surface area contributed by atoms with Crippen molar-refractivity contribution in [1.82, 2.24) is 5.32 Å². The van der Waals surface area contributed by atoms with Gasteiger partial charge in [-0.05, 0) is 75.2 Å². The third-order valence-corrected chi connectivity index (χ3v) is 5.85. The van der Waals surface area contributed by atoms with E-state index < -0.39 is 11.7 Å². The number of hydrogen-bond donors (Lipinski definition) is 1. The Morgan fingerprint density at radius 1 is 1.00 bits per heavy atom. The maximum atomic E-state index is 12.8. The fraction of sp³-hybridized carbons (Fsp3) is 0.391. The van der Waals surface area contributed by atoms with Crippen LogP contribution in [0.4, 0.5) is 13.2 Å². The lowest BCUT2D eigenvalue weighted by molar-refractivity contribution is -0.137. The molecular weight excluding hydrogens is 395 g/mol. The Labute approximate surface area is 173 Å². The fourth-order valence-corrected chi connectivity index (χ4v) is 4.43. The third-order valence-electron chi connectivity index (χ3n) is 4.78. The Balaban J connectivity index is 1.69. The van der Waals surface area contributed by atoms with Crippen molar-refractivity contribution in [3.8, 4) is 16.9 Å². The van der Waals surface area contributed by atoms with Crippen molar-refractivity contribution in [2.24, 2.45) is 0 Å². The van der Waals surface area contributed by atoms with E-state index in [0.29, 0.717) is 6.61 Å². The lowest BCUT2D eigenvalue weighted by Gasteiger charge is -2.09. The molecule has 1 N–H and O–H groups in total. The van der Waals surface area contributed by atoms with Crippen LogP contribution >= 0.6 is 11.3 Å². The Hall–Kier alpha value is -2.05. The average molecular weight is 422 g/mol. The van der Waals surface area contributed by atoms with Crippen LogP contribution in [0, 0.1) is 6.92 Å². The number of ether oxygens (including phenoxy) is 1. The molecule has 1 aromatic heterocycles. The molecule has 0 saturated heterocycles. The van der Waals surface area contributed by atoms with E-state index in [9.17, 15) is 13.2 Å². The van der Waals surface area contributed by atoms with Gasteiger partial charge in [-0.15, -0.1) is 11.3 Å². The zero-order chi connectivity index (χ0) is 20.9. The van der Waals surface area contributed by atoms with Crippen LogP contribution < -0.4 is 10.1 Å². The Morgan fingerprint density at radius 2 is 1.76 bits per heavy atom. The normalized spacial score (nSPS) is 11.9. The van der Waals surface area contributed by atoms with Crippen molar-refractivity contribution < 1.29 is 17.9 Å². The molecule has 2 nitrogen and oxygen atoms in total. The molecule has 6 heteroatoms. The molecule has 1 heterocycles. The summed E-state index contributed by atoms with van der Waals surface area (Å²) in [5, 5.41) is 4.42. The molecule has 0 bridgehead atoms. The first-order valence-corrected chi connectivity index (χ1v) is 10.8. The molecule has 0 aliphatic carbocycles. The predicted octanol–water partition coefficient (Wildman–Crippen LogP) is 7.05. The molecule has 156 valence electrons. The van der Waals surface area contributed by atoms with Gasteiger partial charge in [0, 0.05) is 20.5 Å². The van der Waals surface area contributed by atoms with Gasteiger partial charge in [0.15, 0.2) is 0 Å². The van der Waals surface area contributed by atoms with E-state index in [1.807, 2.05) is 25.1 Å². The van der Waals surface area contributed by atoms with E-state index in [-0.39, 0.29) is 0 Å². The minimum Gasteiger partial charge on any atom is -0.494 e. The number of alkyl halides is 3. The molecule has 3 aromatic rings. The summed E-state index contributed by atoms with van der Waals surface area (Å²) in [6.45, 7) is 6.89. The minimum absolute atomic E-state index is 0.626. The number of hydrogen-bond acceptors (Lipinski definition) is 3. The monoisotopic (exact) mass is 421 g/mol. The highest BCUT2D eigenvalue weighted by molar-refractivity contribution is 7.19. The zero-order valence-corrected chi connectivity index (χ0v) is 17.6. The summed E-state index contributed by atoms with van der Waals surface area (Å²) in [6.07, 6.45) is -1.10. The molecular formula is C23H26F3NOS. The summed E-state index contributed by atoms with van der Waals surface area (Å²) in [4.78, 5) is 1.08. The minimum atomic E-state index is -4.32. The molecule has 0 atom stereocenters. The molecule has 29 heavy (non-hydrogen) atoms. The van der Waals surface area contributed by atoms with Crippen LogP contribution in [0.25, 0.3) is 21.2 Å². The summed E-state index contributed by atoms with van der Waals surface area (Å²) >= 11 is 1.64. The Morgan fingerprint density at radius 3 is 2.45 bits per heavy atom. The quantitative estimate of drug-likeness (QED) is 0.374. The van der Waals surface area contributed by atoms with Crippen LogP contribution in [0.3, 0.4) is 0 Å². The summed E-state index contributed by atoms with van der Waals surface area (Å²) in [5.74, 6) is 0.833. The highest BCUT2D eigenvalue weighted by Gasteiger charge is 2.30. The average Bonchev–Trinajstić information content (AvgIpc) is 3.01. The van der Waals surface area contributed by atoms with Gasteiger partial charge in [0.25, 0.3) is 0 Å². The van der Waals surface area contributed by atoms with Crippen LogP contribution in [0.15, 0.2) is 42.5 Å². The van der Waals surface area contributed by atoms with Gasteiger partial charge in [-0.1, -0.05) is 19.1 Å². The maximum Gasteiger partial charge on any atom is 0.416 e. The van der Waals surface area contributed by atoms with Gasteiger partial charge in [-0.25, -0.2) is 0 Å². The highest BCUT2D eigenvalue weighted by atomic mass is 32.1. The van der Waals surface area contributed by atoms with Crippen LogP contribution in [0.2, 0.25) is 0 Å². The zero-order valence-electron chi connectivity index (χ0n) is 16.7. The molecule has 0 aliphatic rings. The van der Waals surface area contributed by atoms with Crippen molar-refractivity contribution in [1.29, 1.82) is 0 Å². The van der Waals surface area contributed by atoms with E-state index >= 15 is 0 Å². The van der Waals surface area contributed by atoms with Crippen LogP contribution in [-0.2, 0) is 6.18 Å². The number of unbranched alkanes of at least 4 members (excludes halogenated alkanes) is 1. The molecule has 0 radical (unpaired) electrons. The van der Waals surface area contributed by atoms with E-state index in [0.717, 1.165) is 76.3 Å². The first kappa shape index (κ1) is 21.7. The standard InChI is InChI=1S/C23H26F3NOS/c1-3-12-27-13-4-5-14-28-19-10-11-20-21(15-19)29-16(2)22(20)17-6-8-18(9-7-17)23(24,25)26/h6-11,15,27H,3-5,12-14H2,1-2H3. The number of halogens is 3. The Kier molecular flexibility index (Phi) is 7.19. The van der Waals surface area contributed by atoms with Gasteiger partial charge in [0.1, 0.15) is 5.75 Å². The largest absolute Gasteiger partial charge is 0.494 e. The maximum absolute atomic E-state index is 12.8. The number of benzene rings is 2. The lowest BCUT2D eigenvalue weighted by atomic mass is 10.0. The summed E-state index contributed by atoms with van der Waals surface area (Å²) < 4.78 is 45.5. The third kappa shape index (κ3) is 5.52. The van der Waals surface area contributed by atoms with E-state index in [1.165, 1.54) is 0 Å². The van der Waals surface area contributed by atoms with Crippen LogP contribution in [0.1, 0.15) is 36.6 Å². The second-order valence-electron chi connectivity index (χ2n) is 7.07. The molecule has 0 amide bonds. The summed E-state index contributed by atoms with van der Waals surface area (Å²) in [7, 11) is 0. The molecule has 3 rings (SSSR count). The molecule has 0 unspecified atom stereocenters. The number of rotatable bonds is 9. The van der Waals surface area contributed by atoms with Crippen molar-refractivity contribution in [2.75, 3.05) is 19.7 Å². The van der Waals surface area contributed by atoms with Crippen molar-refractivity contribution in [3.63, 3.8) is 0 Å². The van der Waals surface area contributed by atoms with Gasteiger partial charge in [0.2, 0.25) is 0 Å². The van der Waals surface area contributed by atoms with Gasteiger partial charge in [-0.2, -0.15) is 13.2 Å². The van der Waals surface area contributed by atoms with E-state index in [4.69, 9.17) is 4.74 Å². The van der Waals surface area contributed by atoms with E-state index in [2.05, 4.69) is 12.2 Å². The smallest absolute Gasteiger partial charge is 0.416 e. The second kappa shape index (κ2) is 9.63. The van der Waals surface area contributed by atoms with Gasteiger partial charge < -0.3 is 10.1 Å². The fourth-order valence-electron chi connectivity index (χ4n) is 3.32.